The molecular weight excluding hydrogens is 320 g/mol. The minimum atomic E-state index is -1.06. The van der Waals surface area contributed by atoms with Gasteiger partial charge in [0.25, 0.3) is 0 Å². The van der Waals surface area contributed by atoms with E-state index in [2.05, 4.69) is 22.0 Å². The maximum Gasteiger partial charge on any atom is 0.404 e. The molecule has 7 heteroatoms. The van der Waals surface area contributed by atoms with E-state index in [1.807, 2.05) is 49.5 Å². The highest BCUT2D eigenvalue weighted by molar-refractivity contribution is 5.78. The summed E-state index contributed by atoms with van der Waals surface area (Å²) in [5, 5.41) is 15.5. The Morgan fingerprint density at radius 2 is 2.20 bits per heavy atom. The first kappa shape index (κ1) is 16.5. The summed E-state index contributed by atoms with van der Waals surface area (Å²) in [6.45, 7) is 6.46. The topological polar surface area (TPSA) is 88.8 Å². The zero-order valence-electron chi connectivity index (χ0n) is 13.8. The second-order valence-electron chi connectivity index (χ2n) is 5.34. The van der Waals surface area contributed by atoms with Gasteiger partial charge >= 0.3 is 6.09 Å². The summed E-state index contributed by atoms with van der Waals surface area (Å²) in [6.07, 6.45) is 0.774. The molecule has 0 spiro atoms. The number of nitrogens with one attached hydrogen (secondary N) is 1. The Hall–Kier alpha value is -3.35. The van der Waals surface area contributed by atoms with Gasteiger partial charge in [-0.2, -0.15) is 0 Å². The first-order valence-corrected chi connectivity index (χ1v) is 7.82. The van der Waals surface area contributed by atoms with Crippen molar-refractivity contribution in [1.82, 2.24) is 19.9 Å². The van der Waals surface area contributed by atoms with Crippen LogP contribution in [-0.4, -0.2) is 32.4 Å². The molecule has 7 nitrogen and oxygen atoms in total. The van der Waals surface area contributed by atoms with Gasteiger partial charge in [-0.15, -0.1) is 5.10 Å². The average Bonchev–Trinajstić information content (AvgIpc) is 3.08. The van der Waals surface area contributed by atoms with Crippen molar-refractivity contribution < 1.29 is 14.6 Å². The summed E-state index contributed by atoms with van der Waals surface area (Å²) in [7, 11) is 0. The van der Waals surface area contributed by atoms with Crippen LogP contribution < -0.4 is 5.32 Å². The molecule has 1 amide bonds. The Kier molecular flexibility index (Phi) is 4.65. The van der Waals surface area contributed by atoms with Gasteiger partial charge in [0, 0.05) is 18.3 Å². The Labute approximate surface area is 144 Å². The molecule has 1 aromatic carbocycles. The number of carboxylic acid groups (broad SMARTS) is 1. The van der Waals surface area contributed by atoms with E-state index in [0.717, 1.165) is 22.3 Å². The van der Waals surface area contributed by atoms with Crippen LogP contribution in [0.25, 0.3) is 22.5 Å². The molecule has 0 radical (unpaired) electrons. The fourth-order valence-electron chi connectivity index (χ4n) is 2.51. The standard InChI is InChI=1S/C18H18N4O3/c1-3-25-12(2)17-20-16(15-8-5-9-22(15)21-17)14-7-4-6-13(10-14)11-19-18(23)24/h4-10,19H,2-3,11H2,1H3,(H,23,24). The number of benzene rings is 1. The first-order chi connectivity index (χ1) is 12.1. The normalized spacial score (nSPS) is 10.6. The van der Waals surface area contributed by atoms with Gasteiger partial charge in [0.1, 0.15) is 0 Å². The van der Waals surface area contributed by atoms with Gasteiger partial charge < -0.3 is 15.2 Å². The Bertz CT molecular complexity index is 933. The Morgan fingerprint density at radius 1 is 1.36 bits per heavy atom. The number of aromatic nitrogens is 3. The van der Waals surface area contributed by atoms with E-state index in [-0.39, 0.29) is 6.54 Å². The molecule has 0 atom stereocenters. The maximum atomic E-state index is 10.7. The van der Waals surface area contributed by atoms with E-state index >= 15 is 0 Å². The van der Waals surface area contributed by atoms with Crippen molar-refractivity contribution in [2.45, 2.75) is 13.5 Å². The number of nitrogens with zero attached hydrogens (tertiary/aromatic N) is 3. The molecular formula is C18H18N4O3. The predicted octanol–water partition coefficient (Wildman–Crippen LogP) is 3.17. The van der Waals surface area contributed by atoms with Crippen LogP contribution in [0.5, 0.6) is 0 Å². The van der Waals surface area contributed by atoms with Crippen LogP contribution in [-0.2, 0) is 11.3 Å². The quantitative estimate of drug-likeness (QED) is 0.674. The highest BCUT2D eigenvalue weighted by Gasteiger charge is 2.13. The van der Waals surface area contributed by atoms with Gasteiger partial charge in [-0.05, 0) is 30.7 Å². The number of carbonyl (C=O) groups is 1. The molecule has 0 unspecified atom stereocenters. The highest BCUT2D eigenvalue weighted by atomic mass is 16.5. The number of ether oxygens (including phenoxy) is 1. The third-order valence-corrected chi connectivity index (χ3v) is 3.60. The number of hydrogen-bond donors (Lipinski definition) is 2. The molecule has 0 aliphatic heterocycles. The maximum absolute atomic E-state index is 10.7. The Morgan fingerprint density at radius 3 is 2.96 bits per heavy atom. The zero-order chi connectivity index (χ0) is 17.8. The van der Waals surface area contributed by atoms with Gasteiger partial charge in [0.2, 0.25) is 5.82 Å². The molecule has 128 valence electrons. The van der Waals surface area contributed by atoms with Crippen molar-refractivity contribution in [3.63, 3.8) is 0 Å². The third-order valence-electron chi connectivity index (χ3n) is 3.60. The van der Waals surface area contributed by atoms with E-state index in [1.165, 1.54) is 0 Å². The highest BCUT2D eigenvalue weighted by Crippen LogP contribution is 2.25. The Balaban J connectivity index is 2.05. The molecule has 2 aromatic heterocycles. The molecule has 3 rings (SSSR count). The lowest BCUT2D eigenvalue weighted by atomic mass is 10.1. The van der Waals surface area contributed by atoms with Crippen LogP contribution in [0.3, 0.4) is 0 Å². The molecule has 0 saturated heterocycles. The van der Waals surface area contributed by atoms with Gasteiger partial charge in [-0.25, -0.2) is 14.3 Å². The molecule has 3 aromatic rings. The number of hydrogen-bond acceptors (Lipinski definition) is 4. The van der Waals surface area contributed by atoms with Gasteiger partial charge in [0.15, 0.2) is 5.76 Å². The van der Waals surface area contributed by atoms with Crippen LogP contribution in [0.2, 0.25) is 0 Å². The minimum Gasteiger partial charge on any atom is -0.490 e. The van der Waals surface area contributed by atoms with Crippen LogP contribution in [0.4, 0.5) is 4.79 Å². The predicted molar refractivity (Wildman–Crippen MR) is 93.9 cm³/mol. The van der Waals surface area contributed by atoms with E-state index < -0.39 is 6.09 Å². The second kappa shape index (κ2) is 7.04. The molecule has 2 N–H and O–H groups in total. The van der Waals surface area contributed by atoms with Crippen LogP contribution in [0.15, 0.2) is 49.2 Å². The summed E-state index contributed by atoms with van der Waals surface area (Å²) in [4.78, 5) is 15.3. The number of fused-ring (bicyclic) bond motifs is 1. The molecule has 0 bridgehead atoms. The first-order valence-electron chi connectivity index (χ1n) is 7.82. The van der Waals surface area contributed by atoms with E-state index in [9.17, 15) is 4.79 Å². The van der Waals surface area contributed by atoms with Crippen molar-refractivity contribution in [3.8, 4) is 11.3 Å². The summed E-state index contributed by atoms with van der Waals surface area (Å²) in [5.41, 5.74) is 3.28. The van der Waals surface area contributed by atoms with Crippen LogP contribution >= 0.6 is 0 Å². The second-order valence-corrected chi connectivity index (χ2v) is 5.34. The monoisotopic (exact) mass is 338 g/mol. The lowest BCUT2D eigenvalue weighted by Crippen LogP contribution is -2.19. The summed E-state index contributed by atoms with van der Waals surface area (Å²) >= 11 is 0. The van der Waals surface area contributed by atoms with Gasteiger partial charge in [-0.1, -0.05) is 24.8 Å². The van der Waals surface area contributed by atoms with Crippen molar-refractivity contribution in [2.75, 3.05) is 6.61 Å². The fourth-order valence-corrected chi connectivity index (χ4v) is 2.51. The average molecular weight is 338 g/mol. The van der Waals surface area contributed by atoms with Gasteiger partial charge in [0.05, 0.1) is 17.8 Å². The fraction of sp³-hybridized carbons (Fsp3) is 0.167. The zero-order valence-corrected chi connectivity index (χ0v) is 13.8. The van der Waals surface area contributed by atoms with Gasteiger partial charge in [-0.3, -0.25) is 0 Å². The minimum absolute atomic E-state index is 0.226. The summed E-state index contributed by atoms with van der Waals surface area (Å²) in [5.74, 6) is 0.817. The van der Waals surface area contributed by atoms with Crippen molar-refractivity contribution in [2.24, 2.45) is 0 Å². The molecule has 25 heavy (non-hydrogen) atoms. The smallest absolute Gasteiger partial charge is 0.404 e. The molecule has 0 saturated carbocycles. The number of amides is 1. The van der Waals surface area contributed by atoms with Crippen molar-refractivity contribution in [1.29, 1.82) is 0 Å². The largest absolute Gasteiger partial charge is 0.490 e. The third kappa shape index (κ3) is 3.60. The lowest BCUT2D eigenvalue weighted by Gasteiger charge is -2.10. The summed E-state index contributed by atoms with van der Waals surface area (Å²) < 4.78 is 7.15. The molecule has 0 fully saturated rings. The number of rotatable bonds is 6. The van der Waals surface area contributed by atoms with E-state index in [1.54, 1.807) is 4.52 Å². The molecule has 0 aliphatic rings. The molecule has 0 aliphatic carbocycles. The van der Waals surface area contributed by atoms with E-state index in [4.69, 9.17) is 9.84 Å². The summed E-state index contributed by atoms with van der Waals surface area (Å²) in [6, 6.07) is 11.4. The van der Waals surface area contributed by atoms with E-state index in [0.29, 0.717) is 18.2 Å². The van der Waals surface area contributed by atoms with Crippen LogP contribution in [0, 0.1) is 0 Å². The van der Waals surface area contributed by atoms with Crippen LogP contribution in [0.1, 0.15) is 18.3 Å². The SMILES string of the molecule is C=C(OCC)c1nc(-c2cccc(CNC(=O)O)c2)c2cccn2n1. The van der Waals surface area contributed by atoms with Crippen molar-refractivity contribution >= 4 is 17.4 Å². The molecule has 2 heterocycles. The lowest BCUT2D eigenvalue weighted by molar-refractivity contribution is 0.194. The van der Waals surface area contributed by atoms with Crippen molar-refractivity contribution in [3.05, 3.63) is 60.6 Å².